The van der Waals surface area contributed by atoms with E-state index in [0.717, 1.165) is 24.3 Å². The largest absolute Gasteiger partial charge is 0.513 e. The van der Waals surface area contributed by atoms with Gasteiger partial charge in [-0.1, -0.05) is 72.8 Å². The number of benzene rings is 4. The Hall–Kier alpha value is -4.88. The van der Waals surface area contributed by atoms with E-state index in [9.17, 15) is 9.59 Å². The van der Waals surface area contributed by atoms with Crippen LogP contribution in [-0.2, 0) is 22.6 Å². The summed E-state index contributed by atoms with van der Waals surface area (Å²) < 4.78 is 9.82. The predicted molar refractivity (Wildman–Crippen MR) is 153 cm³/mol. The number of fused-ring (bicyclic) bond motifs is 1. The van der Waals surface area contributed by atoms with E-state index in [0.29, 0.717) is 22.5 Å². The fourth-order valence-corrected chi connectivity index (χ4v) is 4.58. The average Bonchev–Trinajstić information content (AvgIpc) is 3.28. The van der Waals surface area contributed by atoms with Gasteiger partial charge < -0.3 is 20.1 Å². The van der Waals surface area contributed by atoms with Gasteiger partial charge in [-0.25, -0.2) is 4.79 Å². The number of nitrogens with zero attached hydrogens (tertiary/aromatic N) is 1. The first-order valence-electron chi connectivity index (χ1n) is 12.6. The highest BCUT2D eigenvalue weighted by molar-refractivity contribution is 6.37. The zero-order valence-corrected chi connectivity index (χ0v) is 21.8. The molecule has 7 heteroatoms. The molecule has 196 valence electrons. The zero-order valence-electron chi connectivity index (χ0n) is 21.8. The van der Waals surface area contributed by atoms with E-state index in [2.05, 4.69) is 63.7 Å². The molecule has 0 aromatic heterocycles. The fourth-order valence-electron chi connectivity index (χ4n) is 4.58. The van der Waals surface area contributed by atoms with Crippen molar-refractivity contribution in [2.24, 2.45) is 0 Å². The molecular formula is C32H29N3O4. The van der Waals surface area contributed by atoms with Crippen LogP contribution < -0.4 is 15.4 Å². The van der Waals surface area contributed by atoms with Gasteiger partial charge in [0.1, 0.15) is 5.75 Å². The number of hydrogen-bond acceptors (Lipinski definition) is 6. The summed E-state index contributed by atoms with van der Waals surface area (Å²) in [5.41, 5.74) is 6.52. The second-order valence-electron chi connectivity index (χ2n) is 9.31. The summed E-state index contributed by atoms with van der Waals surface area (Å²) in [4.78, 5) is 27.1. The van der Waals surface area contributed by atoms with Gasteiger partial charge in [-0.05, 0) is 54.1 Å². The molecule has 4 aromatic carbocycles. The molecule has 0 saturated carbocycles. The SMILES string of the molecule is COC(=O)Oc1ccc2c(c1)/C(=C(/Nc1ccc(CN(C)Cc3ccccc3)cc1)c1ccccc1)C(=O)N2. The first-order valence-corrected chi connectivity index (χ1v) is 12.6. The highest BCUT2D eigenvalue weighted by atomic mass is 16.7. The van der Waals surface area contributed by atoms with E-state index in [4.69, 9.17) is 4.74 Å². The minimum absolute atomic E-state index is 0.245. The molecule has 39 heavy (non-hydrogen) atoms. The van der Waals surface area contributed by atoms with Crippen molar-refractivity contribution in [3.05, 3.63) is 125 Å². The Morgan fingerprint density at radius 3 is 2.15 bits per heavy atom. The summed E-state index contributed by atoms with van der Waals surface area (Å²) in [7, 11) is 3.35. The Morgan fingerprint density at radius 1 is 0.846 bits per heavy atom. The van der Waals surface area contributed by atoms with Crippen LogP contribution in [-0.4, -0.2) is 31.1 Å². The highest BCUT2D eigenvalue weighted by Gasteiger charge is 2.29. The molecular weight excluding hydrogens is 490 g/mol. The second-order valence-corrected chi connectivity index (χ2v) is 9.31. The van der Waals surface area contributed by atoms with E-state index >= 15 is 0 Å². The summed E-state index contributed by atoms with van der Waals surface area (Å²) in [6.07, 6.45) is -0.825. The van der Waals surface area contributed by atoms with Crippen LogP contribution in [0.15, 0.2) is 103 Å². The molecule has 5 rings (SSSR count). The van der Waals surface area contributed by atoms with Crippen molar-refractivity contribution in [1.29, 1.82) is 0 Å². The summed E-state index contributed by atoms with van der Waals surface area (Å²) >= 11 is 0. The lowest BCUT2D eigenvalue weighted by molar-refractivity contribution is -0.110. The second kappa shape index (κ2) is 11.7. The lowest BCUT2D eigenvalue weighted by Crippen LogP contribution is -2.17. The van der Waals surface area contributed by atoms with Gasteiger partial charge in [-0.2, -0.15) is 0 Å². The number of hydrogen-bond donors (Lipinski definition) is 2. The first-order chi connectivity index (χ1) is 19.0. The van der Waals surface area contributed by atoms with E-state index in [1.165, 1.54) is 18.2 Å². The van der Waals surface area contributed by atoms with Crippen LogP contribution >= 0.6 is 0 Å². The van der Waals surface area contributed by atoms with Gasteiger partial charge in [0.25, 0.3) is 5.91 Å². The van der Waals surface area contributed by atoms with Crippen molar-refractivity contribution < 1.29 is 19.1 Å². The van der Waals surface area contributed by atoms with E-state index in [-0.39, 0.29) is 11.7 Å². The molecule has 0 saturated heterocycles. The molecule has 0 atom stereocenters. The quantitative estimate of drug-likeness (QED) is 0.159. The van der Waals surface area contributed by atoms with Gasteiger partial charge in [-0.3, -0.25) is 9.69 Å². The molecule has 1 aliphatic heterocycles. The van der Waals surface area contributed by atoms with Crippen LogP contribution in [0.1, 0.15) is 22.3 Å². The first kappa shape index (κ1) is 25.8. The lowest BCUT2D eigenvalue weighted by atomic mass is 9.99. The minimum Gasteiger partial charge on any atom is -0.437 e. The van der Waals surface area contributed by atoms with Crippen LogP contribution in [0.25, 0.3) is 11.3 Å². The number of ether oxygens (including phenoxy) is 2. The summed E-state index contributed by atoms with van der Waals surface area (Å²) in [5.74, 6) is 0.0386. The van der Waals surface area contributed by atoms with Gasteiger partial charge in [0.05, 0.1) is 18.4 Å². The highest BCUT2D eigenvalue weighted by Crippen LogP contribution is 2.39. The van der Waals surface area contributed by atoms with Crippen LogP contribution in [0.3, 0.4) is 0 Å². The van der Waals surface area contributed by atoms with Crippen molar-refractivity contribution in [2.75, 3.05) is 24.8 Å². The fraction of sp³-hybridized carbons (Fsp3) is 0.125. The summed E-state index contributed by atoms with van der Waals surface area (Å²) in [6.45, 7) is 1.67. The van der Waals surface area contributed by atoms with Crippen LogP contribution in [0, 0.1) is 0 Å². The molecule has 7 nitrogen and oxygen atoms in total. The third-order valence-corrected chi connectivity index (χ3v) is 6.39. The lowest BCUT2D eigenvalue weighted by Gasteiger charge is -2.18. The molecule has 1 amide bonds. The molecule has 0 fully saturated rings. The maximum absolute atomic E-state index is 13.2. The number of methoxy groups -OCH3 is 1. The van der Waals surface area contributed by atoms with E-state index in [1.807, 2.05) is 48.5 Å². The maximum atomic E-state index is 13.2. The molecule has 4 aromatic rings. The number of nitrogens with one attached hydrogen (secondary N) is 2. The van der Waals surface area contributed by atoms with Crippen LogP contribution in [0.4, 0.5) is 16.2 Å². The van der Waals surface area contributed by atoms with Crippen molar-refractivity contribution in [2.45, 2.75) is 13.1 Å². The third kappa shape index (κ3) is 6.17. The standard InChI is InChI=1S/C32H29N3O4/c1-35(20-22-9-5-3-6-10-22)21-23-13-15-25(16-14-23)33-30(24-11-7-4-8-12-24)29-27-19-26(39-32(37)38-2)17-18-28(27)34-31(29)36/h3-19,33H,20-21H2,1-2H3,(H,34,36)/b30-29-. The van der Waals surface area contributed by atoms with Crippen LogP contribution in [0.2, 0.25) is 0 Å². The Bertz CT molecular complexity index is 1500. The Labute approximate surface area is 227 Å². The molecule has 0 unspecified atom stereocenters. The third-order valence-electron chi connectivity index (χ3n) is 6.39. The molecule has 2 N–H and O–H groups in total. The van der Waals surface area contributed by atoms with E-state index in [1.54, 1.807) is 18.2 Å². The monoisotopic (exact) mass is 519 g/mol. The maximum Gasteiger partial charge on any atom is 0.513 e. The number of carbonyl (C=O) groups excluding carboxylic acids is 2. The van der Waals surface area contributed by atoms with E-state index < -0.39 is 6.16 Å². The number of carbonyl (C=O) groups is 2. The van der Waals surface area contributed by atoms with Gasteiger partial charge in [0.15, 0.2) is 0 Å². The minimum atomic E-state index is -0.825. The smallest absolute Gasteiger partial charge is 0.437 e. The van der Waals surface area contributed by atoms with Crippen LogP contribution in [0.5, 0.6) is 5.75 Å². The van der Waals surface area contributed by atoms with Crippen molar-refractivity contribution in [3.8, 4) is 5.75 Å². The van der Waals surface area contributed by atoms with Gasteiger partial charge in [-0.15, -0.1) is 0 Å². The summed E-state index contributed by atoms with van der Waals surface area (Å²) in [6, 6.07) is 33.2. The Kier molecular flexibility index (Phi) is 7.70. The van der Waals surface area contributed by atoms with Gasteiger partial charge in [0.2, 0.25) is 0 Å². The molecule has 1 heterocycles. The topological polar surface area (TPSA) is 79.9 Å². The molecule has 0 bridgehead atoms. The number of anilines is 2. The van der Waals surface area contributed by atoms with Crippen molar-refractivity contribution in [3.63, 3.8) is 0 Å². The Balaban J connectivity index is 1.43. The average molecular weight is 520 g/mol. The number of rotatable bonds is 8. The molecule has 1 aliphatic rings. The predicted octanol–water partition coefficient (Wildman–Crippen LogP) is 6.40. The Morgan fingerprint density at radius 2 is 1.49 bits per heavy atom. The molecule has 0 aliphatic carbocycles. The van der Waals surface area contributed by atoms with Crippen molar-refractivity contribution >= 4 is 34.7 Å². The molecule has 0 radical (unpaired) electrons. The van der Waals surface area contributed by atoms with Gasteiger partial charge >= 0.3 is 6.16 Å². The van der Waals surface area contributed by atoms with Gasteiger partial charge in [0, 0.05) is 30.0 Å². The zero-order chi connectivity index (χ0) is 27.2. The summed E-state index contributed by atoms with van der Waals surface area (Å²) in [5, 5.41) is 6.39. The number of amides is 1. The van der Waals surface area contributed by atoms with Crippen molar-refractivity contribution in [1.82, 2.24) is 4.90 Å². The molecule has 0 spiro atoms. The normalized spacial score (nSPS) is 13.5.